The zero-order valence-corrected chi connectivity index (χ0v) is 18.2. The van der Waals surface area contributed by atoms with Crippen LogP contribution in [0.4, 0.5) is 0 Å². The van der Waals surface area contributed by atoms with E-state index in [1.54, 1.807) is 47.0 Å². The number of thioether (sulfide) groups is 1. The number of amides is 3. The van der Waals surface area contributed by atoms with Gasteiger partial charge in [0.25, 0.3) is 0 Å². The molecule has 3 heterocycles. The Labute approximate surface area is 187 Å². The molecule has 1 aromatic carbocycles. The zero-order valence-electron chi connectivity index (χ0n) is 17.4. The Kier molecular flexibility index (Phi) is 5.59. The third kappa shape index (κ3) is 3.90. The van der Waals surface area contributed by atoms with Gasteiger partial charge in [0.15, 0.2) is 5.82 Å². The highest BCUT2D eigenvalue weighted by atomic mass is 32.2. The van der Waals surface area contributed by atoms with Gasteiger partial charge in [0.2, 0.25) is 17.7 Å². The number of nitrogens with zero attached hydrogens (tertiary/aromatic N) is 4. The Morgan fingerprint density at radius 2 is 2.06 bits per heavy atom. The van der Waals surface area contributed by atoms with E-state index >= 15 is 0 Å². The molecule has 32 heavy (non-hydrogen) atoms. The fourth-order valence-electron chi connectivity index (χ4n) is 4.02. The molecule has 12 nitrogen and oxygen atoms in total. The molecule has 2 saturated heterocycles. The molecule has 0 radical (unpaired) electrons. The van der Waals surface area contributed by atoms with Crippen LogP contribution in [0.1, 0.15) is 43.7 Å². The topological polar surface area (TPSA) is 183 Å². The van der Waals surface area contributed by atoms with E-state index in [9.17, 15) is 14.4 Å². The lowest BCUT2D eigenvalue weighted by atomic mass is 9.95. The number of β-lactam (4-membered cyclic amide) rings is 1. The molecule has 1 aromatic heterocycles. The van der Waals surface area contributed by atoms with Crippen LogP contribution in [0.15, 0.2) is 30.3 Å². The third-order valence-electron chi connectivity index (χ3n) is 5.40. The molecule has 0 bridgehead atoms. The van der Waals surface area contributed by atoms with Crippen LogP contribution < -0.4 is 16.4 Å². The lowest BCUT2D eigenvalue weighted by molar-refractivity contribution is -0.152. The number of carbonyl (C=O) groups is 3. The van der Waals surface area contributed by atoms with E-state index in [1.807, 2.05) is 13.8 Å². The number of rotatable bonds is 7. The largest absolute Gasteiger partial charge is 0.387 e. The molecule has 0 saturated carbocycles. The number of benzene rings is 1. The van der Waals surface area contributed by atoms with Gasteiger partial charge in [-0.15, -0.1) is 22.0 Å². The number of hydrogen-bond donors (Lipinski definition) is 5. The maximum absolute atomic E-state index is 13.1. The van der Waals surface area contributed by atoms with E-state index in [4.69, 9.17) is 11.1 Å². The molecule has 4 rings (SSSR count). The van der Waals surface area contributed by atoms with Gasteiger partial charge in [-0.3, -0.25) is 19.8 Å². The van der Waals surface area contributed by atoms with Crippen LogP contribution >= 0.6 is 11.8 Å². The summed E-state index contributed by atoms with van der Waals surface area (Å²) in [6.07, 6.45) is -0.328. The summed E-state index contributed by atoms with van der Waals surface area (Å²) >= 11 is 1.54. The van der Waals surface area contributed by atoms with Crippen LogP contribution in [0, 0.1) is 5.41 Å². The molecular formula is C19H23N9O3S. The number of aromatic nitrogens is 4. The number of amidine groups is 1. The molecule has 2 fully saturated rings. The van der Waals surface area contributed by atoms with Crippen molar-refractivity contribution in [3.05, 3.63) is 41.7 Å². The first-order chi connectivity index (χ1) is 15.2. The number of fused-ring (bicyclic) bond motifs is 1. The fraction of sp³-hybridized carbons (Fsp3) is 0.421. The fourth-order valence-corrected chi connectivity index (χ4v) is 5.65. The number of nitrogens with two attached hydrogens (primary N) is 1. The predicted molar refractivity (Wildman–Crippen MR) is 115 cm³/mol. The first-order valence-electron chi connectivity index (χ1n) is 9.90. The molecule has 168 valence electrons. The lowest BCUT2D eigenvalue weighted by Crippen LogP contribution is -2.68. The van der Waals surface area contributed by atoms with Gasteiger partial charge in [-0.05, 0) is 19.4 Å². The maximum atomic E-state index is 13.1. The minimum Gasteiger partial charge on any atom is -0.387 e. The van der Waals surface area contributed by atoms with Crippen molar-refractivity contribution in [2.45, 2.75) is 48.5 Å². The minimum atomic E-state index is -1.03. The van der Waals surface area contributed by atoms with Gasteiger partial charge in [0, 0.05) is 4.75 Å². The van der Waals surface area contributed by atoms with Crippen molar-refractivity contribution < 1.29 is 14.4 Å². The Hall–Kier alpha value is -3.48. The van der Waals surface area contributed by atoms with Gasteiger partial charge in [-0.1, -0.05) is 35.5 Å². The first-order valence-corrected chi connectivity index (χ1v) is 10.8. The Balaban J connectivity index is 1.51. The number of hydrogen-bond acceptors (Lipinski definition) is 8. The number of H-pyrrole nitrogens is 1. The van der Waals surface area contributed by atoms with Crippen molar-refractivity contribution in [2.75, 3.05) is 0 Å². The summed E-state index contributed by atoms with van der Waals surface area (Å²) in [7, 11) is 0. The van der Waals surface area contributed by atoms with Crippen molar-refractivity contribution in [3.63, 3.8) is 0 Å². The van der Waals surface area contributed by atoms with Crippen LogP contribution in [0.25, 0.3) is 0 Å². The molecular weight excluding hydrogens is 434 g/mol. The summed E-state index contributed by atoms with van der Waals surface area (Å²) in [6, 6.07) is 6.52. The summed E-state index contributed by atoms with van der Waals surface area (Å²) < 4.78 is -0.391. The number of aromatic amines is 1. The minimum absolute atomic E-state index is 0.252. The highest BCUT2D eigenvalue weighted by Gasteiger charge is 2.63. The van der Waals surface area contributed by atoms with E-state index in [1.165, 1.54) is 0 Å². The molecule has 4 atom stereocenters. The second-order valence-electron chi connectivity index (χ2n) is 8.13. The molecule has 3 unspecified atom stereocenters. The Morgan fingerprint density at radius 1 is 1.34 bits per heavy atom. The van der Waals surface area contributed by atoms with E-state index in [0.29, 0.717) is 11.4 Å². The monoisotopic (exact) mass is 457 g/mol. The molecule has 2 aliphatic rings. The highest BCUT2D eigenvalue weighted by molar-refractivity contribution is 8.01. The van der Waals surface area contributed by atoms with Crippen molar-refractivity contribution in [3.8, 4) is 0 Å². The van der Waals surface area contributed by atoms with E-state index in [0.717, 1.165) is 0 Å². The van der Waals surface area contributed by atoms with Crippen LogP contribution in [-0.2, 0) is 14.4 Å². The van der Waals surface area contributed by atoms with E-state index in [-0.39, 0.29) is 29.6 Å². The number of tetrazole rings is 1. The van der Waals surface area contributed by atoms with Crippen LogP contribution in [-0.4, -0.2) is 65.2 Å². The van der Waals surface area contributed by atoms with Crippen LogP contribution in [0.2, 0.25) is 0 Å². The molecule has 13 heteroatoms. The molecule has 6 N–H and O–H groups in total. The van der Waals surface area contributed by atoms with E-state index in [2.05, 4.69) is 31.3 Å². The second-order valence-corrected chi connectivity index (χ2v) is 9.90. The second kappa shape index (κ2) is 8.22. The average Bonchev–Trinajstić information content (AvgIpc) is 3.34. The predicted octanol–water partition coefficient (Wildman–Crippen LogP) is -0.397. The van der Waals surface area contributed by atoms with Crippen molar-refractivity contribution >= 4 is 35.3 Å². The summed E-state index contributed by atoms with van der Waals surface area (Å²) in [5.74, 6) is -1.22. The molecule has 2 aliphatic heterocycles. The van der Waals surface area contributed by atoms with Gasteiger partial charge in [0.05, 0.1) is 12.3 Å². The standard InChI is InChI=1S/C19H23N9O3S/c1-19(2)14(15-24-26-27-25-15)28-17(31)13(18(28)32-19)23-16(30)12(9-6-4-3-5-7-9)22-11(29)8-10(20)21/h3-7,12-14,18H,8H2,1-2H3,(H3,20,21)(H,22,29)(H,23,30)(H,24,25,26,27)/t12?,13?,14?,18-/m0/s1. The number of nitrogens with one attached hydrogen (secondary N) is 4. The van der Waals surface area contributed by atoms with E-state index < -0.39 is 28.6 Å². The summed E-state index contributed by atoms with van der Waals surface area (Å²) in [4.78, 5) is 40.0. The van der Waals surface area contributed by atoms with Gasteiger partial charge in [-0.25, -0.2) is 0 Å². The first kappa shape index (κ1) is 21.7. The molecule has 2 aromatic rings. The Bertz CT molecular complexity index is 1040. The molecule has 3 amide bonds. The third-order valence-corrected chi connectivity index (χ3v) is 6.97. The van der Waals surface area contributed by atoms with Crippen molar-refractivity contribution in [1.82, 2.24) is 36.2 Å². The van der Waals surface area contributed by atoms with Crippen LogP contribution in [0.5, 0.6) is 0 Å². The van der Waals surface area contributed by atoms with Crippen molar-refractivity contribution in [1.29, 1.82) is 5.41 Å². The Morgan fingerprint density at radius 3 is 2.69 bits per heavy atom. The van der Waals surface area contributed by atoms with Gasteiger partial charge >= 0.3 is 0 Å². The average molecular weight is 458 g/mol. The normalized spacial score (nSPS) is 24.2. The van der Waals surface area contributed by atoms with Gasteiger partial charge < -0.3 is 21.3 Å². The van der Waals surface area contributed by atoms with Crippen LogP contribution in [0.3, 0.4) is 0 Å². The summed E-state index contributed by atoms with van der Waals surface area (Å²) in [6.45, 7) is 3.97. The smallest absolute Gasteiger partial charge is 0.249 e. The maximum Gasteiger partial charge on any atom is 0.249 e. The number of carbonyl (C=O) groups excluding carboxylic acids is 3. The highest BCUT2D eigenvalue weighted by Crippen LogP contribution is 2.56. The SMILES string of the molecule is CC1(C)S[C@H]2C(NC(=O)C(NC(=O)CC(=N)N)c3ccccc3)C(=O)N2C1c1nn[nH]n1. The molecule has 0 aliphatic carbocycles. The quantitative estimate of drug-likeness (QED) is 0.211. The lowest BCUT2D eigenvalue weighted by Gasteiger charge is -2.44. The van der Waals surface area contributed by atoms with Crippen molar-refractivity contribution in [2.24, 2.45) is 5.73 Å². The van der Waals surface area contributed by atoms with Gasteiger partial charge in [0.1, 0.15) is 23.5 Å². The summed E-state index contributed by atoms with van der Waals surface area (Å²) in [5.41, 5.74) is 5.85. The zero-order chi connectivity index (χ0) is 23.0. The molecule has 0 spiro atoms. The van der Waals surface area contributed by atoms with Gasteiger partial charge in [-0.2, -0.15) is 5.21 Å². The summed E-state index contributed by atoms with van der Waals surface area (Å²) in [5, 5.41) is 26.5.